The molecule has 1 aromatic rings. The largest absolute Gasteiger partial charge is 0.395 e. The molecule has 1 aliphatic rings. The molecule has 2 heterocycles. The van der Waals surface area contributed by atoms with Gasteiger partial charge in [0.05, 0.1) is 6.61 Å². The van der Waals surface area contributed by atoms with Crippen LogP contribution in [0.1, 0.15) is 31.2 Å². The fourth-order valence-electron chi connectivity index (χ4n) is 2.57. The predicted octanol–water partition coefficient (Wildman–Crippen LogP) is 1.10. The number of nitrogen functional groups attached to an aromatic ring is 1. The Hall–Kier alpha value is -1.17. The predicted molar refractivity (Wildman–Crippen MR) is 71.8 cm³/mol. The van der Waals surface area contributed by atoms with Gasteiger partial charge in [-0.2, -0.15) is 0 Å². The summed E-state index contributed by atoms with van der Waals surface area (Å²) in [6.07, 6.45) is 6.45. The van der Waals surface area contributed by atoms with Gasteiger partial charge >= 0.3 is 0 Å². The Bertz CT molecular complexity index is 372. The van der Waals surface area contributed by atoms with Crippen LogP contribution in [0.5, 0.6) is 0 Å². The standard InChI is InChI=1S/C13H22N4O/c14-16-13-11(5-4-7-15-13)9-17-8-3-1-2-6-12(17)10-18/h4-5,7,12,18H,1-3,6,8-10,14H2,(H,15,16). The zero-order chi connectivity index (χ0) is 12.8. The van der Waals surface area contributed by atoms with E-state index >= 15 is 0 Å². The highest BCUT2D eigenvalue weighted by atomic mass is 16.3. The topological polar surface area (TPSA) is 74.4 Å². The third-order valence-electron chi connectivity index (χ3n) is 3.61. The lowest BCUT2D eigenvalue weighted by Crippen LogP contribution is -2.37. The van der Waals surface area contributed by atoms with Gasteiger partial charge in [-0.3, -0.25) is 4.90 Å². The van der Waals surface area contributed by atoms with Crippen molar-refractivity contribution in [3.05, 3.63) is 23.9 Å². The number of hydrogen-bond donors (Lipinski definition) is 3. The first kappa shape index (κ1) is 13.3. The quantitative estimate of drug-likeness (QED) is 0.551. The van der Waals surface area contributed by atoms with Gasteiger partial charge in [0.25, 0.3) is 0 Å². The van der Waals surface area contributed by atoms with E-state index in [1.165, 1.54) is 19.3 Å². The lowest BCUT2D eigenvalue weighted by atomic mass is 10.1. The maximum absolute atomic E-state index is 9.49. The van der Waals surface area contributed by atoms with Gasteiger partial charge in [-0.25, -0.2) is 10.8 Å². The van der Waals surface area contributed by atoms with Crippen LogP contribution in [-0.2, 0) is 6.54 Å². The molecule has 0 aliphatic carbocycles. The molecule has 0 amide bonds. The van der Waals surface area contributed by atoms with Crippen LogP contribution in [0.3, 0.4) is 0 Å². The summed E-state index contributed by atoms with van der Waals surface area (Å²) in [6.45, 7) is 2.05. The second-order valence-electron chi connectivity index (χ2n) is 4.81. The smallest absolute Gasteiger partial charge is 0.144 e. The molecule has 100 valence electrons. The van der Waals surface area contributed by atoms with Gasteiger partial charge in [0.2, 0.25) is 0 Å². The lowest BCUT2D eigenvalue weighted by molar-refractivity contribution is 0.118. The Kier molecular flexibility index (Phi) is 4.92. The number of aliphatic hydroxyl groups excluding tert-OH is 1. The van der Waals surface area contributed by atoms with Crippen LogP contribution < -0.4 is 11.3 Å². The zero-order valence-electron chi connectivity index (χ0n) is 10.7. The van der Waals surface area contributed by atoms with Crippen molar-refractivity contribution in [1.29, 1.82) is 0 Å². The van der Waals surface area contributed by atoms with Crippen LogP contribution in [0.2, 0.25) is 0 Å². The first-order valence-electron chi connectivity index (χ1n) is 6.60. The summed E-state index contributed by atoms with van der Waals surface area (Å²) in [5, 5.41) is 9.49. The van der Waals surface area contributed by atoms with E-state index in [2.05, 4.69) is 15.3 Å². The van der Waals surface area contributed by atoms with Crippen molar-refractivity contribution in [2.75, 3.05) is 18.6 Å². The molecule has 1 aliphatic heterocycles. The SMILES string of the molecule is NNc1ncccc1CN1CCCCCC1CO. The van der Waals surface area contributed by atoms with Crippen molar-refractivity contribution < 1.29 is 5.11 Å². The van der Waals surface area contributed by atoms with E-state index in [0.717, 1.165) is 30.9 Å². The fourth-order valence-corrected chi connectivity index (χ4v) is 2.57. The normalized spacial score (nSPS) is 21.6. The van der Waals surface area contributed by atoms with Crippen molar-refractivity contribution in [2.45, 2.75) is 38.3 Å². The van der Waals surface area contributed by atoms with E-state index in [1.807, 2.05) is 12.1 Å². The average molecular weight is 250 g/mol. The van der Waals surface area contributed by atoms with Crippen molar-refractivity contribution in [3.63, 3.8) is 0 Å². The van der Waals surface area contributed by atoms with Crippen LogP contribution in [0.15, 0.2) is 18.3 Å². The fraction of sp³-hybridized carbons (Fsp3) is 0.615. The summed E-state index contributed by atoms with van der Waals surface area (Å²) >= 11 is 0. The number of anilines is 1. The molecule has 2 rings (SSSR count). The van der Waals surface area contributed by atoms with Gasteiger partial charge in [-0.1, -0.05) is 18.9 Å². The number of rotatable bonds is 4. The van der Waals surface area contributed by atoms with Gasteiger partial charge in [0.15, 0.2) is 0 Å². The highest BCUT2D eigenvalue weighted by molar-refractivity contribution is 5.42. The van der Waals surface area contributed by atoms with Crippen LogP contribution in [0.25, 0.3) is 0 Å². The van der Waals surface area contributed by atoms with Crippen molar-refractivity contribution >= 4 is 5.82 Å². The number of hydrazine groups is 1. The first-order valence-corrected chi connectivity index (χ1v) is 6.60. The number of likely N-dealkylation sites (tertiary alicyclic amines) is 1. The molecule has 5 nitrogen and oxygen atoms in total. The van der Waals surface area contributed by atoms with E-state index in [4.69, 9.17) is 5.84 Å². The van der Waals surface area contributed by atoms with E-state index in [-0.39, 0.29) is 12.6 Å². The molecule has 4 N–H and O–H groups in total. The molecule has 0 bridgehead atoms. The van der Waals surface area contributed by atoms with Gasteiger partial charge in [0, 0.05) is 24.3 Å². The lowest BCUT2D eigenvalue weighted by Gasteiger charge is -2.28. The zero-order valence-corrected chi connectivity index (χ0v) is 10.7. The number of aromatic nitrogens is 1. The molecule has 1 saturated heterocycles. The monoisotopic (exact) mass is 250 g/mol. The number of nitrogens with zero attached hydrogens (tertiary/aromatic N) is 2. The van der Waals surface area contributed by atoms with Crippen molar-refractivity contribution in [1.82, 2.24) is 9.88 Å². The molecule has 1 aromatic heterocycles. The highest BCUT2D eigenvalue weighted by Crippen LogP contribution is 2.21. The second-order valence-corrected chi connectivity index (χ2v) is 4.81. The summed E-state index contributed by atoms with van der Waals surface area (Å²) in [5.74, 6) is 6.19. The first-order chi connectivity index (χ1) is 8.85. The number of aliphatic hydroxyl groups is 1. The summed E-state index contributed by atoms with van der Waals surface area (Å²) in [6, 6.07) is 4.21. The van der Waals surface area contributed by atoms with Crippen LogP contribution in [-0.4, -0.2) is 34.2 Å². The van der Waals surface area contributed by atoms with E-state index in [9.17, 15) is 5.11 Å². The second kappa shape index (κ2) is 6.68. The molecule has 1 atom stereocenters. The molecule has 0 spiro atoms. The maximum atomic E-state index is 9.49. The summed E-state index contributed by atoms with van der Waals surface area (Å²) < 4.78 is 0. The molecule has 5 heteroatoms. The summed E-state index contributed by atoms with van der Waals surface area (Å²) in [4.78, 5) is 6.55. The van der Waals surface area contributed by atoms with Gasteiger partial charge in [0.1, 0.15) is 5.82 Å². The highest BCUT2D eigenvalue weighted by Gasteiger charge is 2.21. The Labute approximate surface area is 108 Å². The van der Waals surface area contributed by atoms with E-state index < -0.39 is 0 Å². The molecular formula is C13H22N4O. The van der Waals surface area contributed by atoms with Gasteiger partial charge in [-0.15, -0.1) is 0 Å². The third kappa shape index (κ3) is 3.19. The Morgan fingerprint density at radius 3 is 3.11 bits per heavy atom. The molecular weight excluding hydrogens is 228 g/mol. The average Bonchev–Trinajstić information content (AvgIpc) is 2.64. The number of nitrogens with two attached hydrogens (primary N) is 1. The van der Waals surface area contributed by atoms with Crippen LogP contribution in [0.4, 0.5) is 5.82 Å². The van der Waals surface area contributed by atoms with E-state index in [0.29, 0.717) is 0 Å². The maximum Gasteiger partial charge on any atom is 0.144 e. The summed E-state index contributed by atoms with van der Waals surface area (Å²) in [5.41, 5.74) is 3.72. The number of pyridine rings is 1. The Balaban J connectivity index is 2.10. The number of hydrogen-bond acceptors (Lipinski definition) is 5. The minimum atomic E-state index is 0.228. The van der Waals surface area contributed by atoms with Gasteiger partial charge in [-0.05, 0) is 25.5 Å². The third-order valence-corrected chi connectivity index (χ3v) is 3.61. The van der Waals surface area contributed by atoms with Crippen LogP contribution in [0, 0.1) is 0 Å². The Morgan fingerprint density at radius 2 is 2.33 bits per heavy atom. The molecule has 18 heavy (non-hydrogen) atoms. The summed E-state index contributed by atoms with van der Waals surface area (Å²) in [7, 11) is 0. The molecule has 0 aromatic carbocycles. The minimum absolute atomic E-state index is 0.228. The van der Waals surface area contributed by atoms with Crippen molar-refractivity contribution in [3.8, 4) is 0 Å². The molecule has 0 saturated carbocycles. The molecule has 1 fully saturated rings. The Morgan fingerprint density at radius 1 is 1.44 bits per heavy atom. The van der Waals surface area contributed by atoms with E-state index in [1.54, 1.807) is 6.20 Å². The molecule has 0 radical (unpaired) electrons. The molecule has 1 unspecified atom stereocenters. The van der Waals surface area contributed by atoms with Crippen molar-refractivity contribution in [2.24, 2.45) is 5.84 Å². The van der Waals surface area contributed by atoms with Crippen LogP contribution >= 0.6 is 0 Å². The van der Waals surface area contributed by atoms with Gasteiger partial charge < -0.3 is 10.5 Å². The number of nitrogens with one attached hydrogen (secondary N) is 1. The minimum Gasteiger partial charge on any atom is -0.395 e.